The molecule has 2 N–H and O–H groups in total. The van der Waals surface area contributed by atoms with Crippen molar-refractivity contribution >= 4 is 35.8 Å². The zero-order valence-corrected chi connectivity index (χ0v) is 21.7. The summed E-state index contributed by atoms with van der Waals surface area (Å²) in [7, 11) is 3.58. The van der Waals surface area contributed by atoms with Crippen molar-refractivity contribution in [3.8, 4) is 0 Å². The van der Waals surface area contributed by atoms with Gasteiger partial charge in [-0.15, -0.1) is 24.0 Å². The van der Waals surface area contributed by atoms with E-state index in [-0.39, 0.29) is 29.9 Å². The standard InChI is InChI=1S/C24H39N5O.HI/c1-19-8-6-7-13-29(19)18-22-10-5-4-9-21(22)17-27-24(26-3)28-14-11-20(12-15-28)16-23(30)25-2;/h4-5,9-10,19-20H,6-8,11-18H2,1-3H3,(H,25,30)(H,26,27);1H. The highest BCUT2D eigenvalue weighted by Gasteiger charge is 2.23. The van der Waals surface area contributed by atoms with Crippen LogP contribution in [0, 0.1) is 5.92 Å². The van der Waals surface area contributed by atoms with Crippen LogP contribution in [0.5, 0.6) is 0 Å². The van der Waals surface area contributed by atoms with Gasteiger partial charge in [0.1, 0.15) is 0 Å². The molecule has 174 valence electrons. The normalized spacial score (nSPS) is 20.8. The molecule has 2 heterocycles. The molecule has 2 saturated heterocycles. The number of nitrogens with one attached hydrogen (secondary N) is 2. The number of aliphatic imine (C=N–C) groups is 1. The Hall–Kier alpha value is -1.35. The van der Waals surface area contributed by atoms with Crippen LogP contribution in [0.15, 0.2) is 29.3 Å². The van der Waals surface area contributed by atoms with Crippen molar-refractivity contribution in [1.82, 2.24) is 20.4 Å². The highest BCUT2D eigenvalue weighted by atomic mass is 127. The molecular weight excluding hydrogens is 501 g/mol. The van der Waals surface area contributed by atoms with E-state index < -0.39 is 0 Å². The molecule has 0 radical (unpaired) electrons. The highest BCUT2D eigenvalue weighted by molar-refractivity contribution is 14.0. The lowest BCUT2D eigenvalue weighted by molar-refractivity contribution is -0.121. The Bertz CT molecular complexity index is 718. The van der Waals surface area contributed by atoms with Gasteiger partial charge in [0.25, 0.3) is 0 Å². The third-order valence-corrected chi connectivity index (χ3v) is 6.75. The van der Waals surface area contributed by atoms with Gasteiger partial charge in [-0.1, -0.05) is 30.7 Å². The summed E-state index contributed by atoms with van der Waals surface area (Å²) in [4.78, 5) is 21.1. The molecule has 2 aliphatic rings. The van der Waals surface area contributed by atoms with Gasteiger partial charge in [-0.2, -0.15) is 0 Å². The van der Waals surface area contributed by atoms with Crippen molar-refractivity contribution in [2.24, 2.45) is 10.9 Å². The van der Waals surface area contributed by atoms with E-state index >= 15 is 0 Å². The fourth-order valence-electron chi connectivity index (χ4n) is 4.72. The van der Waals surface area contributed by atoms with Crippen LogP contribution >= 0.6 is 24.0 Å². The largest absolute Gasteiger partial charge is 0.359 e. The zero-order valence-electron chi connectivity index (χ0n) is 19.4. The smallest absolute Gasteiger partial charge is 0.220 e. The molecule has 0 aromatic heterocycles. The first-order chi connectivity index (χ1) is 14.6. The van der Waals surface area contributed by atoms with Gasteiger partial charge in [-0.25, -0.2) is 0 Å². The first-order valence-electron chi connectivity index (χ1n) is 11.6. The summed E-state index contributed by atoms with van der Waals surface area (Å²) in [6, 6.07) is 9.46. The number of halogens is 1. The van der Waals surface area contributed by atoms with Crippen molar-refractivity contribution in [2.45, 2.75) is 64.6 Å². The summed E-state index contributed by atoms with van der Waals surface area (Å²) in [5.74, 6) is 1.59. The SMILES string of the molecule is CN=C(NCc1ccccc1CN1CCCCC1C)N1CCC(CC(=O)NC)CC1.I. The summed E-state index contributed by atoms with van der Waals surface area (Å²) >= 11 is 0. The Kier molecular flexibility index (Phi) is 11.1. The predicted octanol–water partition coefficient (Wildman–Crippen LogP) is 3.60. The number of amides is 1. The first-order valence-corrected chi connectivity index (χ1v) is 11.6. The van der Waals surface area contributed by atoms with E-state index in [0.717, 1.165) is 45.0 Å². The molecule has 1 unspecified atom stereocenters. The lowest BCUT2D eigenvalue weighted by Gasteiger charge is -2.35. The third-order valence-electron chi connectivity index (χ3n) is 6.75. The van der Waals surface area contributed by atoms with Crippen LogP contribution < -0.4 is 10.6 Å². The quantitative estimate of drug-likeness (QED) is 0.329. The summed E-state index contributed by atoms with van der Waals surface area (Å²) in [6.07, 6.45) is 6.70. The third kappa shape index (κ3) is 7.63. The maximum absolute atomic E-state index is 11.6. The van der Waals surface area contributed by atoms with E-state index in [4.69, 9.17) is 0 Å². The van der Waals surface area contributed by atoms with Gasteiger partial charge in [0.2, 0.25) is 5.91 Å². The maximum atomic E-state index is 11.6. The van der Waals surface area contributed by atoms with Crippen LogP contribution in [0.3, 0.4) is 0 Å². The minimum absolute atomic E-state index is 0. The molecule has 2 fully saturated rings. The number of carbonyl (C=O) groups excluding carboxylic acids is 1. The van der Waals surface area contributed by atoms with E-state index in [0.29, 0.717) is 18.4 Å². The van der Waals surface area contributed by atoms with Crippen LogP contribution in [0.1, 0.15) is 56.6 Å². The van der Waals surface area contributed by atoms with Gasteiger partial charge >= 0.3 is 0 Å². The van der Waals surface area contributed by atoms with Crippen LogP contribution in [0.2, 0.25) is 0 Å². The second-order valence-corrected chi connectivity index (χ2v) is 8.79. The summed E-state index contributed by atoms with van der Waals surface area (Å²) in [6.45, 7) is 7.29. The number of benzene rings is 1. The Morgan fingerprint density at radius 3 is 2.45 bits per heavy atom. The molecule has 6 nitrogen and oxygen atoms in total. The second kappa shape index (κ2) is 13.3. The molecule has 1 atom stereocenters. The van der Waals surface area contributed by atoms with Gasteiger partial charge in [-0.3, -0.25) is 14.7 Å². The van der Waals surface area contributed by atoms with Gasteiger partial charge in [-0.05, 0) is 56.2 Å². The molecule has 0 saturated carbocycles. The van der Waals surface area contributed by atoms with Crippen molar-refractivity contribution in [3.05, 3.63) is 35.4 Å². The van der Waals surface area contributed by atoms with Gasteiger partial charge < -0.3 is 15.5 Å². The average Bonchev–Trinajstić information content (AvgIpc) is 2.77. The number of hydrogen-bond donors (Lipinski definition) is 2. The zero-order chi connectivity index (χ0) is 21.3. The predicted molar refractivity (Wildman–Crippen MR) is 139 cm³/mol. The number of piperidine rings is 2. The molecule has 1 aromatic carbocycles. The Morgan fingerprint density at radius 2 is 1.81 bits per heavy atom. The maximum Gasteiger partial charge on any atom is 0.220 e. The molecule has 3 rings (SSSR count). The monoisotopic (exact) mass is 541 g/mol. The minimum Gasteiger partial charge on any atom is -0.359 e. The van der Waals surface area contributed by atoms with Crippen LogP contribution in [-0.2, 0) is 17.9 Å². The molecule has 31 heavy (non-hydrogen) atoms. The number of nitrogens with zero attached hydrogens (tertiary/aromatic N) is 3. The summed E-state index contributed by atoms with van der Waals surface area (Å²) in [5.41, 5.74) is 2.77. The lowest BCUT2D eigenvalue weighted by atomic mass is 9.93. The Morgan fingerprint density at radius 1 is 1.10 bits per heavy atom. The molecule has 0 spiro atoms. The van der Waals surface area contributed by atoms with Crippen molar-refractivity contribution in [3.63, 3.8) is 0 Å². The topological polar surface area (TPSA) is 60.0 Å². The number of carbonyl (C=O) groups is 1. The molecule has 1 aromatic rings. The molecule has 1 amide bonds. The Balaban J connectivity index is 0.00000341. The molecule has 0 aliphatic carbocycles. The van der Waals surface area contributed by atoms with Crippen molar-refractivity contribution in [2.75, 3.05) is 33.7 Å². The van der Waals surface area contributed by atoms with Gasteiger partial charge in [0, 0.05) is 52.7 Å². The minimum atomic E-state index is 0. The molecule has 0 bridgehead atoms. The fraction of sp³-hybridized carbons (Fsp3) is 0.667. The number of hydrogen-bond acceptors (Lipinski definition) is 3. The van der Waals surface area contributed by atoms with E-state index in [2.05, 4.69) is 56.6 Å². The fourth-order valence-corrected chi connectivity index (χ4v) is 4.72. The summed E-state index contributed by atoms with van der Waals surface area (Å²) in [5, 5.41) is 6.33. The molecule has 7 heteroatoms. The average molecular weight is 542 g/mol. The number of likely N-dealkylation sites (tertiary alicyclic amines) is 2. The molecular formula is C24H40IN5O. The van der Waals surface area contributed by atoms with E-state index in [1.807, 2.05) is 7.05 Å². The van der Waals surface area contributed by atoms with Crippen LogP contribution in [0.25, 0.3) is 0 Å². The van der Waals surface area contributed by atoms with E-state index in [1.165, 1.54) is 36.9 Å². The number of guanidine groups is 1. The Labute approximate surface area is 205 Å². The van der Waals surface area contributed by atoms with Crippen LogP contribution in [-0.4, -0.2) is 61.4 Å². The molecule has 2 aliphatic heterocycles. The van der Waals surface area contributed by atoms with Crippen molar-refractivity contribution in [1.29, 1.82) is 0 Å². The van der Waals surface area contributed by atoms with Crippen LogP contribution in [0.4, 0.5) is 0 Å². The van der Waals surface area contributed by atoms with E-state index in [9.17, 15) is 4.79 Å². The first kappa shape index (κ1) is 25.9. The lowest BCUT2D eigenvalue weighted by Crippen LogP contribution is -2.46. The van der Waals surface area contributed by atoms with Crippen molar-refractivity contribution < 1.29 is 4.79 Å². The van der Waals surface area contributed by atoms with E-state index in [1.54, 1.807) is 7.05 Å². The highest BCUT2D eigenvalue weighted by Crippen LogP contribution is 2.22. The second-order valence-electron chi connectivity index (χ2n) is 8.79. The van der Waals surface area contributed by atoms with Gasteiger partial charge in [0.05, 0.1) is 0 Å². The van der Waals surface area contributed by atoms with Gasteiger partial charge in [0.15, 0.2) is 5.96 Å². The summed E-state index contributed by atoms with van der Waals surface area (Å²) < 4.78 is 0. The number of rotatable bonds is 6.